The number of hydrogen-bond donors (Lipinski definition) is 1. The fourth-order valence-corrected chi connectivity index (χ4v) is 2.70. The molecule has 0 spiro atoms. The van der Waals surface area contributed by atoms with Crippen LogP contribution in [0.1, 0.15) is 41.6 Å². The average molecular weight is 404 g/mol. The maximum Gasteiger partial charge on any atom is 0.255 e. The summed E-state index contributed by atoms with van der Waals surface area (Å²) >= 11 is 3.41. The van der Waals surface area contributed by atoms with E-state index in [1.807, 2.05) is 45.0 Å². The molecule has 0 radical (unpaired) electrons. The number of nitrogens with one attached hydrogen (secondary N) is 1. The number of carbonyl (C=O) groups is 1. The van der Waals surface area contributed by atoms with Gasteiger partial charge in [-0.1, -0.05) is 21.1 Å². The molecule has 1 N–H and O–H groups in total. The van der Waals surface area contributed by atoms with Crippen LogP contribution in [0.2, 0.25) is 0 Å². The van der Waals surface area contributed by atoms with Crippen molar-refractivity contribution in [2.24, 2.45) is 0 Å². The Kier molecular flexibility index (Phi) is 4.47. The summed E-state index contributed by atoms with van der Waals surface area (Å²) in [5.41, 5.74) is 1.37. The Morgan fingerprint density at radius 2 is 1.92 bits per heavy atom. The van der Waals surface area contributed by atoms with Gasteiger partial charge in [0.25, 0.3) is 5.91 Å². The predicted octanol–water partition coefficient (Wildman–Crippen LogP) is 3.30. The molecule has 0 aliphatic heterocycles. The van der Waals surface area contributed by atoms with Gasteiger partial charge in [-0.05, 0) is 45.0 Å². The predicted molar refractivity (Wildman–Crippen MR) is 95.5 cm³/mol. The van der Waals surface area contributed by atoms with Crippen molar-refractivity contribution in [3.8, 4) is 5.69 Å². The smallest absolute Gasteiger partial charge is 0.255 e. The van der Waals surface area contributed by atoms with E-state index in [1.165, 1.54) is 0 Å². The number of hydrogen-bond acceptors (Lipinski definition) is 5. The highest BCUT2D eigenvalue weighted by Gasteiger charge is 2.29. The zero-order valence-corrected chi connectivity index (χ0v) is 16.0. The van der Waals surface area contributed by atoms with Gasteiger partial charge in [0.05, 0.1) is 28.7 Å². The Morgan fingerprint density at radius 3 is 2.52 bits per heavy atom. The van der Waals surface area contributed by atoms with Gasteiger partial charge in [-0.2, -0.15) is 10.1 Å². The van der Waals surface area contributed by atoms with Gasteiger partial charge < -0.3 is 9.84 Å². The summed E-state index contributed by atoms with van der Waals surface area (Å²) in [5.74, 6) is 0.640. The minimum absolute atomic E-state index is 0.242. The Hall–Kier alpha value is -2.48. The second kappa shape index (κ2) is 6.44. The molecule has 25 heavy (non-hydrogen) atoms. The third kappa shape index (κ3) is 3.48. The number of benzene rings is 1. The highest BCUT2D eigenvalue weighted by Crippen LogP contribution is 2.20. The van der Waals surface area contributed by atoms with E-state index >= 15 is 0 Å². The summed E-state index contributed by atoms with van der Waals surface area (Å²) in [6, 6.07) is 7.71. The Balaban J connectivity index is 1.85. The van der Waals surface area contributed by atoms with Crippen molar-refractivity contribution in [3.63, 3.8) is 0 Å². The SMILES string of the molecule is Cc1nc(C(C)(C)NC(=O)c2cnn(-c3ccc(Br)cc3)c2C)no1. The van der Waals surface area contributed by atoms with Gasteiger partial charge in [0.1, 0.15) is 0 Å². The standard InChI is InChI=1S/C17H18BrN5O2/c1-10-14(9-19-23(10)13-7-5-12(18)6-8-13)15(24)21-17(3,4)16-20-11(2)25-22-16/h5-9H,1-4H3,(H,21,24). The van der Waals surface area contributed by atoms with Crippen LogP contribution in [0.25, 0.3) is 5.69 Å². The first kappa shape index (κ1) is 17.3. The van der Waals surface area contributed by atoms with Crippen LogP contribution in [0.5, 0.6) is 0 Å². The number of rotatable bonds is 4. The molecule has 0 atom stereocenters. The second-order valence-corrected chi connectivity index (χ2v) is 7.16. The highest BCUT2D eigenvalue weighted by atomic mass is 79.9. The highest BCUT2D eigenvalue weighted by molar-refractivity contribution is 9.10. The van der Waals surface area contributed by atoms with Crippen LogP contribution >= 0.6 is 15.9 Å². The van der Waals surface area contributed by atoms with E-state index in [0.29, 0.717) is 17.3 Å². The molecule has 3 aromatic rings. The van der Waals surface area contributed by atoms with Crippen LogP contribution in [0.3, 0.4) is 0 Å². The number of carbonyl (C=O) groups excluding carboxylic acids is 1. The van der Waals surface area contributed by atoms with Crippen molar-refractivity contribution in [3.05, 3.63) is 57.9 Å². The molecule has 0 saturated carbocycles. The molecule has 3 rings (SSSR count). The summed E-state index contributed by atoms with van der Waals surface area (Å²) < 4.78 is 7.71. The summed E-state index contributed by atoms with van der Waals surface area (Å²) in [5, 5.41) is 11.2. The lowest BCUT2D eigenvalue weighted by Gasteiger charge is -2.22. The molecular weight excluding hydrogens is 386 g/mol. The van der Waals surface area contributed by atoms with E-state index in [-0.39, 0.29) is 5.91 Å². The summed E-state index contributed by atoms with van der Waals surface area (Å²) in [7, 11) is 0. The van der Waals surface area contributed by atoms with Crippen LogP contribution < -0.4 is 5.32 Å². The number of halogens is 1. The topological polar surface area (TPSA) is 85.8 Å². The molecule has 2 aromatic heterocycles. The zero-order chi connectivity index (χ0) is 18.2. The van der Waals surface area contributed by atoms with Gasteiger partial charge in [-0.15, -0.1) is 0 Å². The molecule has 0 fully saturated rings. The van der Waals surface area contributed by atoms with E-state index in [4.69, 9.17) is 4.52 Å². The number of aryl methyl sites for hydroxylation is 1. The van der Waals surface area contributed by atoms with Crippen LogP contribution in [0, 0.1) is 13.8 Å². The van der Waals surface area contributed by atoms with E-state index in [0.717, 1.165) is 15.9 Å². The van der Waals surface area contributed by atoms with Crippen molar-refractivity contribution in [2.45, 2.75) is 33.2 Å². The third-order valence-electron chi connectivity index (χ3n) is 3.84. The Bertz CT molecular complexity index is 912. The minimum atomic E-state index is -0.763. The van der Waals surface area contributed by atoms with Gasteiger partial charge in [-0.25, -0.2) is 4.68 Å². The Labute approximate surface area is 153 Å². The number of aromatic nitrogens is 4. The van der Waals surface area contributed by atoms with E-state index in [1.54, 1.807) is 17.8 Å². The lowest BCUT2D eigenvalue weighted by molar-refractivity contribution is 0.0906. The molecule has 0 saturated heterocycles. The first-order valence-corrected chi connectivity index (χ1v) is 8.51. The van der Waals surface area contributed by atoms with E-state index in [9.17, 15) is 4.79 Å². The summed E-state index contributed by atoms with van der Waals surface area (Å²) in [6.45, 7) is 7.21. The quantitative estimate of drug-likeness (QED) is 0.721. The largest absolute Gasteiger partial charge is 0.340 e. The molecule has 8 heteroatoms. The molecule has 0 bridgehead atoms. The van der Waals surface area contributed by atoms with Gasteiger partial charge in [-0.3, -0.25) is 4.79 Å². The maximum atomic E-state index is 12.7. The molecule has 0 aliphatic carbocycles. The van der Waals surface area contributed by atoms with Crippen molar-refractivity contribution >= 4 is 21.8 Å². The fraction of sp³-hybridized carbons (Fsp3) is 0.294. The van der Waals surface area contributed by atoms with Crippen molar-refractivity contribution < 1.29 is 9.32 Å². The van der Waals surface area contributed by atoms with E-state index in [2.05, 4.69) is 36.5 Å². The molecule has 1 amide bonds. The normalized spacial score (nSPS) is 11.6. The monoisotopic (exact) mass is 403 g/mol. The molecule has 130 valence electrons. The minimum Gasteiger partial charge on any atom is -0.340 e. The van der Waals surface area contributed by atoms with Crippen LogP contribution in [-0.4, -0.2) is 25.8 Å². The second-order valence-electron chi connectivity index (χ2n) is 6.25. The van der Waals surface area contributed by atoms with Crippen LogP contribution in [-0.2, 0) is 5.54 Å². The van der Waals surface area contributed by atoms with Crippen LogP contribution in [0.4, 0.5) is 0 Å². The van der Waals surface area contributed by atoms with Gasteiger partial charge in [0, 0.05) is 11.4 Å². The van der Waals surface area contributed by atoms with Gasteiger partial charge in [0.15, 0.2) is 5.82 Å². The molecule has 1 aromatic carbocycles. The van der Waals surface area contributed by atoms with Crippen LogP contribution in [0.15, 0.2) is 39.5 Å². The lowest BCUT2D eigenvalue weighted by Crippen LogP contribution is -2.42. The zero-order valence-electron chi connectivity index (χ0n) is 14.4. The molecule has 0 aliphatic rings. The molecule has 0 unspecified atom stereocenters. The van der Waals surface area contributed by atoms with E-state index < -0.39 is 5.54 Å². The Morgan fingerprint density at radius 1 is 1.24 bits per heavy atom. The first-order chi connectivity index (χ1) is 11.8. The molecule has 7 nitrogen and oxygen atoms in total. The maximum absolute atomic E-state index is 12.7. The third-order valence-corrected chi connectivity index (χ3v) is 4.37. The van der Waals surface area contributed by atoms with Gasteiger partial charge in [0.2, 0.25) is 5.89 Å². The van der Waals surface area contributed by atoms with Crippen molar-refractivity contribution in [1.82, 2.24) is 25.2 Å². The number of nitrogens with zero attached hydrogens (tertiary/aromatic N) is 4. The molecule has 2 heterocycles. The lowest BCUT2D eigenvalue weighted by atomic mass is 10.0. The van der Waals surface area contributed by atoms with Gasteiger partial charge >= 0.3 is 0 Å². The molecular formula is C17H18BrN5O2. The average Bonchev–Trinajstić information content (AvgIpc) is 3.14. The van der Waals surface area contributed by atoms with Crippen molar-refractivity contribution in [2.75, 3.05) is 0 Å². The van der Waals surface area contributed by atoms with Crippen molar-refractivity contribution in [1.29, 1.82) is 0 Å². The first-order valence-electron chi connectivity index (χ1n) is 7.72. The summed E-state index contributed by atoms with van der Waals surface area (Å²) in [4.78, 5) is 16.9. The fourth-order valence-electron chi connectivity index (χ4n) is 2.44. The summed E-state index contributed by atoms with van der Waals surface area (Å²) in [6.07, 6.45) is 1.56. The number of amides is 1.